The zero-order chi connectivity index (χ0) is 13.7. The molecule has 0 aromatic heterocycles. The Morgan fingerprint density at radius 3 is 2.74 bits per heavy atom. The summed E-state index contributed by atoms with van der Waals surface area (Å²) in [5.41, 5.74) is 0. The average Bonchev–Trinajstić information content (AvgIpc) is 2.78. The molecule has 2 rings (SSSR count). The van der Waals surface area contributed by atoms with Gasteiger partial charge in [-0.05, 0) is 38.1 Å². The van der Waals surface area contributed by atoms with Gasteiger partial charge in [0.05, 0.1) is 6.54 Å². The van der Waals surface area contributed by atoms with Gasteiger partial charge in [0.25, 0.3) is 0 Å². The molecule has 2 aliphatic rings. The van der Waals surface area contributed by atoms with E-state index in [2.05, 4.69) is 36.0 Å². The molecule has 2 aliphatic heterocycles. The summed E-state index contributed by atoms with van der Waals surface area (Å²) in [6.07, 6.45) is 5.11. The van der Waals surface area contributed by atoms with Crippen LogP contribution in [0.4, 0.5) is 0 Å². The summed E-state index contributed by atoms with van der Waals surface area (Å²) >= 11 is 1.97. The van der Waals surface area contributed by atoms with Crippen molar-refractivity contribution in [3.63, 3.8) is 0 Å². The van der Waals surface area contributed by atoms with Gasteiger partial charge < -0.3 is 10.2 Å². The van der Waals surface area contributed by atoms with Gasteiger partial charge in [0, 0.05) is 24.4 Å². The average molecular weight is 283 g/mol. The number of nitrogens with one attached hydrogen (secondary N) is 1. The normalized spacial score (nSPS) is 25.9. The van der Waals surface area contributed by atoms with Crippen molar-refractivity contribution in [2.45, 2.75) is 57.7 Å². The highest BCUT2D eigenvalue weighted by molar-refractivity contribution is 8.14. The Morgan fingerprint density at radius 2 is 2.11 bits per heavy atom. The van der Waals surface area contributed by atoms with Crippen LogP contribution in [-0.2, 0) is 0 Å². The number of aliphatic imine (C=N–C) groups is 1. The topological polar surface area (TPSA) is 27.6 Å². The molecular weight excluding hydrogens is 254 g/mol. The first-order valence-electron chi connectivity index (χ1n) is 7.87. The van der Waals surface area contributed by atoms with Crippen LogP contribution < -0.4 is 5.32 Å². The maximum absolute atomic E-state index is 4.67. The second-order valence-corrected chi connectivity index (χ2v) is 7.56. The molecule has 0 radical (unpaired) electrons. The first-order chi connectivity index (χ1) is 9.17. The van der Waals surface area contributed by atoms with Crippen molar-refractivity contribution in [1.29, 1.82) is 0 Å². The second kappa shape index (κ2) is 7.53. The van der Waals surface area contributed by atoms with E-state index in [0.29, 0.717) is 11.3 Å². The first-order valence-corrected chi connectivity index (χ1v) is 8.75. The third kappa shape index (κ3) is 4.99. The Balaban J connectivity index is 1.66. The van der Waals surface area contributed by atoms with Crippen LogP contribution in [-0.4, -0.2) is 47.5 Å². The summed E-state index contributed by atoms with van der Waals surface area (Å²) in [6.45, 7) is 11.6. The van der Waals surface area contributed by atoms with E-state index in [-0.39, 0.29) is 0 Å². The Bertz CT molecular complexity index is 296. The molecule has 0 amide bonds. The van der Waals surface area contributed by atoms with Crippen LogP contribution in [0.2, 0.25) is 0 Å². The van der Waals surface area contributed by atoms with E-state index >= 15 is 0 Å². The predicted octanol–water partition coefficient (Wildman–Crippen LogP) is 2.97. The quantitative estimate of drug-likeness (QED) is 0.840. The number of amidine groups is 1. The number of hydrogen-bond acceptors (Lipinski definition) is 4. The van der Waals surface area contributed by atoms with Gasteiger partial charge in [-0.25, -0.2) is 0 Å². The van der Waals surface area contributed by atoms with Crippen molar-refractivity contribution < 1.29 is 0 Å². The molecule has 1 saturated heterocycles. The summed E-state index contributed by atoms with van der Waals surface area (Å²) in [6, 6.07) is 0.650. The van der Waals surface area contributed by atoms with Crippen LogP contribution in [0.1, 0.15) is 46.5 Å². The first kappa shape index (κ1) is 15.2. The van der Waals surface area contributed by atoms with Gasteiger partial charge >= 0.3 is 0 Å². The molecule has 0 aromatic carbocycles. The second-order valence-electron chi connectivity index (χ2n) is 6.28. The van der Waals surface area contributed by atoms with Crippen molar-refractivity contribution in [3.8, 4) is 0 Å². The molecule has 1 fully saturated rings. The van der Waals surface area contributed by atoms with Crippen LogP contribution >= 0.6 is 11.8 Å². The fraction of sp³-hybridized carbons (Fsp3) is 0.933. The number of likely N-dealkylation sites (tertiary alicyclic amines) is 1. The van der Waals surface area contributed by atoms with Crippen molar-refractivity contribution in [3.05, 3.63) is 0 Å². The Kier molecular flexibility index (Phi) is 6.02. The number of thioether (sulfide) groups is 1. The largest absolute Gasteiger partial charge is 0.362 e. The Labute approximate surface area is 122 Å². The summed E-state index contributed by atoms with van der Waals surface area (Å²) in [5.74, 6) is 0.782. The molecular formula is C15H29N3S. The van der Waals surface area contributed by atoms with Gasteiger partial charge in [-0.3, -0.25) is 4.99 Å². The summed E-state index contributed by atoms with van der Waals surface area (Å²) < 4.78 is 0. The third-order valence-electron chi connectivity index (χ3n) is 3.91. The number of hydrogen-bond donors (Lipinski definition) is 1. The van der Waals surface area contributed by atoms with E-state index < -0.39 is 0 Å². The van der Waals surface area contributed by atoms with Crippen LogP contribution in [0.15, 0.2) is 4.99 Å². The Hall–Kier alpha value is -0.220. The summed E-state index contributed by atoms with van der Waals surface area (Å²) in [4.78, 5) is 7.26. The van der Waals surface area contributed by atoms with Gasteiger partial charge in [-0.15, -0.1) is 0 Å². The minimum absolute atomic E-state index is 0.650. The molecule has 2 heterocycles. The standard InChI is InChI=1S/C15H29N3S/c1-4-7-18-8-5-13(6-9-18)17-15-16-11-14(19-15)10-12(2)3/h12-14H,4-11H2,1-3H3,(H,16,17). The summed E-state index contributed by atoms with van der Waals surface area (Å²) in [7, 11) is 0. The van der Waals surface area contributed by atoms with Crippen LogP contribution in [0, 0.1) is 5.92 Å². The third-order valence-corrected chi connectivity index (χ3v) is 5.05. The maximum atomic E-state index is 4.67. The van der Waals surface area contributed by atoms with Crippen LogP contribution in [0.25, 0.3) is 0 Å². The molecule has 3 nitrogen and oxygen atoms in total. The predicted molar refractivity (Wildman–Crippen MR) is 86.0 cm³/mol. The maximum Gasteiger partial charge on any atom is 0.157 e. The lowest BCUT2D eigenvalue weighted by atomic mass is 10.1. The van der Waals surface area contributed by atoms with E-state index in [4.69, 9.17) is 0 Å². The fourth-order valence-electron chi connectivity index (χ4n) is 2.94. The van der Waals surface area contributed by atoms with Crippen molar-refractivity contribution in [2.24, 2.45) is 10.9 Å². The number of nitrogens with zero attached hydrogens (tertiary/aromatic N) is 2. The van der Waals surface area contributed by atoms with E-state index in [9.17, 15) is 0 Å². The van der Waals surface area contributed by atoms with Crippen molar-refractivity contribution in [2.75, 3.05) is 26.2 Å². The van der Waals surface area contributed by atoms with Gasteiger partial charge in [0.2, 0.25) is 0 Å². The molecule has 19 heavy (non-hydrogen) atoms. The molecule has 1 N–H and O–H groups in total. The molecule has 4 heteroatoms. The minimum Gasteiger partial charge on any atom is -0.362 e. The molecule has 0 aromatic rings. The molecule has 1 unspecified atom stereocenters. The van der Waals surface area contributed by atoms with Gasteiger partial charge in [0.15, 0.2) is 5.17 Å². The molecule has 110 valence electrons. The van der Waals surface area contributed by atoms with E-state index in [1.807, 2.05) is 11.8 Å². The highest BCUT2D eigenvalue weighted by Crippen LogP contribution is 2.26. The molecule has 0 aliphatic carbocycles. The van der Waals surface area contributed by atoms with E-state index in [1.54, 1.807) is 0 Å². The van der Waals surface area contributed by atoms with Crippen LogP contribution in [0.5, 0.6) is 0 Å². The SMILES string of the molecule is CCCN1CCC(NC2=NCC(CC(C)C)S2)CC1. The van der Waals surface area contributed by atoms with E-state index in [0.717, 1.165) is 12.5 Å². The highest BCUT2D eigenvalue weighted by atomic mass is 32.2. The highest BCUT2D eigenvalue weighted by Gasteiger charge is 2.24. The Morgan fingerprint density at radius 1 is 1.37 bits per heavy atom. The lowest BCUT2D eigenvalue weighted by Gasteiger charge is -2.32. The minimum atomic E-state index is 0.650. The monoisotopic (exact) mass is 283 g/mol. The van der Waals surface area contributed by atoms with Gasteiger partial charge in [-0.1, -0.05) is 32.5 Å². The summed E-state index contributed by atoms with van der Waals surface area (Å²) in [5, 5.41) is 5.59. The van der Waals surface area contributed by atoms with Crippen molar-refractivity contribution in [1.82, 2.24) is 10.2 Å². The smallest absolute Gasteiger partial charge is 0.157 e. The molecule has 0 spiro atoms. The lowest BCUT2D eigenvalue weighted by Crippen LogP contribution is -2.44. The number of rotatable bonds is 5. The fourth-order valence-corrected chi connectivity index (χ4v) is 4.27. The lowest BCUT2D eigenvalue weighted by molar-refractivity contribution is 0.207. The molecule has 1 atom stereocenters. The zero-order valence-electron chi connectivity index (χ0n) is 12.7. The van der Waals surface area contributed by atoms with Gasteiger partial charge in [-0.2, -0.15) is 0 Å². The van der Waals surface area contributed by atoms with Crippen molar-refractivity contribution >= 4 is 16.9 Å². The zero-order valence-corrected chi connectivity index (χ0v) is 13.5. The van der Waals surface area contributed by atoms with Gasteiger partial charge in [0.1, 0.15) is 0 Å². The molecule has 0 bridgehead atoms. The molecule has 0 saturated carbocycles. The van der Waals surface area contributed by atoms with Crippen LogP contribution in [0.3, 0.4) is 0 Å². The van der Waals surface area contributed by atoms with E-state index in [1.165, 1.54) is 50.5 Å². The number of piperidine rings is 1.